The molecular weight excluding hydrogens is 360 g/mol. The SMILES string of the molecule is CC(=O)N(C)Cc1cccc(NC(=O)C2(c3cccc(Cl)c3)CCCC2)c1. The summed E-state index contributed by atoms with van der Waals surface area (Å²) in [6.07, 6.45) is 3.71. The molecule has 0 saturated heterocycles. The molecule has 3 rings (SSSR count). The standard InChI is InChI=1S/C22H25ClN2O2/c1-16(26)25(2)15-17-7-5-10-20(13-17)24-21(27)22(11-3-4-12-22)18-8-6-9-19(23)14-18/h5-10,13-14H,3-4,11-12,15H2,1-2H3,(H,24,27). The number of hydrogen-bond acceptors (Lipinski definition) is 2. The van der Waals surface area contributed by atoms with Crippen LogP contribution in [-0.4, -0.2) is 23.8 Å². The Bertz CT molecular complexity index is 844. The highest BCUT2D eigenvalue weighted by atomic mass is 35.5. The molecule has 0 spiro atoms. The van der Waals surface area contributed by atoms with Crippen molar-refractivity contribution in [1.82, 2.24) is 4.90 Å². The van der Waals surface area contributed by atoms with Crippen molar-refractivity contribution in [2.45, 2.75) is 44.6 Å². The Morgan fingerprint density at radius 1 is 1.11 bits per heavy atom. The van der Waals surface area contributed by atoms with Crippen molar-refractivity contribution in [2.24, 2.45) is 0 Å². The van der Waals surface area contributed by atoms with E-state index in [2.05, 4.69) is 5.32 Å². The van der Waals surface area contributed by atoms with Gasteiger partial charge in [0.25, 0.3) is 0 Å². The smallest absolute Gasteiger partial charge is 0.235 e. The number of rotatable bonds is 5. The van der Waals surface area contributed by atoms with Gasteiger partial charge in [-0.05, 0) is 48.2 Å². The van der Waals surface area contributed by atoms with Crippen LogP contribution in [0.25, 0.3) is 0 Å². The van der Waals surface area contributed by atoms with E-state index in [0.29, 0.717) is 11.6 Å². The molecule has 2 aromatic carbocycles. The molecular formula is C22H25ClN2O2. The van der Waals surface area contributed by atoms with Gasteiger partial charge in [-0.3, -0.25) is 9.59 Å². The Kier molecular flexibility index (Phi) is 5.85. The van der Waals surface area contributed by atoms with Crippen molar-refractivity contribution >= 4 is 29.1 Å². The van der Waals surface area contributed by atoms with Crippen LogP contribution in [0.3, 0.4) is 0 Å². The second-order valence-corrected chi connectivity index (χ2v) is 7.77. The number of carbonyl (C=O) groups is 2. The minimum Gasteiger partial charge on any atom is -0.342 e. The van der Waals surface area contributed by atoms with Crippen LogP contribution >= 0.6 is 11.6 Å². The van der Waals surface area contributed by atoms with Crippen LogP contribution < -0.4 is 5.32 Å². The van der Waals surface area contributed by atoms with Crippen LogP contribution in [0.5, 0.6) is 0 Å². The van der Waals surface area contributed by atoms with Crippen molar-refractivity contribution < 1.29 is 9.59 Å². The molecule has 1 saturated carbocycles. The Morgan fingerprint density at radius 3 is 2.48 bits per heavy atom. The summed E-state index contributed by atoms with van der Waals surface area (Å²) in [5.41, 5.74) is 2.19. The average Bonchev–Trinajstić information content (AvgIpc) is 3.13. The molecule has 0 aromatic heterocycles. The summed E-state index contributed by atoms with van der Waals surface area (Å²) in [6.45, 7) is 2.05. The lowest BCUT2D eigenvalue weighted by molar-refractivity contribution is -0.128. The molecule has 4 nitrogen and oxygen atoms in total. The lowest BCUT2D eigenvalue weighted by atomic mass is 9.78. The molecule has 0 heterocycles. The van der Waals surface area contributed by atoms with E-state index in [0.717, 1.165) is 42.5 Å². The number of halogens is 1. The molecule has 1 N–H and O–H groups in total. The number of anilines is 1. The van der Waals surface area contributed by atoms with Crippen LogP contribution in [0.4, 0.5) is 5.69 Å². The van der Waals surface area contributed by atoms with E-state index in [1.165, 1.54) is 0 Å². The summed E-state index contributed by atoms with van der Waals surface area (Å²) in [5, 5.41) is 3.75. The zero-order valence-corrected chi connectivity index (χ0v) is 16.6. The van der Waals surface area contributed by atoms with Gasteiger partial charge in [0.2, 0.25) is 11.8 Å². The summed E-state index contributed by atoms with van der Waals surface area (Å²) in [6, 6.07) is 15.3. The normalized spacial score (nSPS) is 15.4. The highest BCUT2D eigenvalue weighted by Gasteiger charge is 2.42. The van der Waals surface area contributed by atoms with E-state index < -0.39 is 5.41 Å². The molecule has 0 bridgehead atoms. The third kappa shape index (κ3) is 4.33. The quantitative estimate of drug-likeness (QED) is 0.807. The van der Waals surface area contributed by atoms with Crippen LogP contribution in [-0.2, 0) is 21.5 Å². The molecule has 142 valence electrons. The molecule has 1 aliphatic carbocycles. The van der Waals surface area contributed by atoms with E-state index in [-0.39, 0.29) is 11.8 Å². The van der Waals surface area contributed by atoms with Crippen LogP contribution in [0.15, 0.2) is 48.5 Å². The van der Waals surface area contributed by atoms with Crippen molar-refractivity contribution in [2.75, 3.05) is 12.4 Å². The molecule has 0 radical (unpaired) electrons. The zero-order valence-electron chi connectivity index (χ0n) is 15.8. The molecule has 0 unspecified atom stereocenters. The van der Waals surface area contributed by atoms with Gasteiger partial charge in [-0.1, -0.05) is 48.7 Å². The van der Waals surface area contributed by atoms with Gasteiger partial charge in [0.1, 0.15) is 0 Å². The first-order chi connectivity index (χ1) is 12.9. The van der Waals surface area contributed by atoms with Gasteiger partial charge in [0.05, 0.1) is 5.41 Å². The van der Waals surface area contributed by atoms with Gasteiger partial charge in [-0.2, -0.15) is 0 Å². The Morgan fingerprint density at radius 2 is 1.81 bits per heavy atom. The number of nitrogens with zero attached hydrogens (tertiary/aromatic N) is 1. The molecule has 5 heteroatoms. The molecule has 2 aromatic rings. The van der Waals surface area contributed by atoms with E-state index in [1.54, 1.807) is 18.9 Å². The first-order valence-electron chi connectivity index (χ1n) is 9.29. The number of amides is 2. The Hall–Kier alpha value is -2.33. The van der Waals surface area contributed by atoms with E-state index in [4.69, 9.17) is 11.6 Å². The first kappa shape index (κ1) is 19.4. The minimum atomic E-state index is -0.531. The van der Waals surface area contributed by atoms with Crippen molar-refractivity contribution in [3.05, 3.63) is 64.7 Å². The predicted molar refractivity (Wildman–Crippen MR) is 109 cm³/mol. The van der Waals surface area contributed by atoms with Crippen molar-refractivity contribution in [1.29, 1.82) is 0 Å². The maximum Gasteiger partial charge on any atom is 0.235 e. The maximum atomic E-state index is 13.3. The second kappa shape index (κ2) is 8.13. The monoisotopic (exact) mass is 384 g/mol. The summed E-state index contributed by atoms with van der Waals surface area (Å²) in [4.78, 5) is 26.4. The van der Waals surface area contributed by atoms with E-state index in [9.17, 15) is 9.59 Å². The van der Waals surface area contributed by atoms with Crippen LogP contribution in [0, 0.1) is 0 Å². The number of carbonyl (C=O) groups excluding carboxylic acids is 2. The third-order valence-corrected chi connectivity index (χ3v) is 5.65. The molecule has 1 fully saturated rings. The van der Waals surface area contributed by atoms with Gasteiger partial charge >= 0.3 is 0 Å². The fourth-order valence-corrected chi connectivity index (χ4v) is 3.99. The lowest BCUT2D eigenvalue weighted by Gasteiger charge is -2.28. The molecule has 2 amide bonds. The van der Waals surface area contributed by atoms with Gasteiger partial charge in [0, 0.05) is 31.2 Å². The molecule has 0 aliphatic heterocycles. The fraction of sp³-hybridized carbons (Fsp3) is 0.364. The average molecular weight is 385 g/mol. The Balaban J connectivity index is 1.82. The van der Waals surface area contributed by atoms with Gasteiger partial charge in [-0.15, -0.1) is 0 Å². The van der Waals surface area contributed by atoms with Gasteiger partial charge < -0.3 is 10.2 Å². The van der Waals surface area contributed by atoms with Gasteiger partial charge in [-0.25, -0.2) is 0 Å². The largest absolute Gasteiger partial charge is 0.342 e. The molecule has 1 aliphatic rings. The van der Waals surface area contributed by atoms with E-state index in [1.807, 2.05) is 48.5 Å². The first-order valence-corrected chi connectivity index (χ1v) is 9.67. The summed E-state index contributed by atoms with van der Waals surface area (Å²) >= 11 is 6.18. The topological polar surface area (TPSA) is 49.4 Å². The van der Waals surface area contributed by atoms with Crippen LogP contribution in [0.1, 0.15) is 43.7 Å². The highest BCUT2D eigenvalue weighted by Crippen LogP contribution is 2.42. The second-order valence-electron chi connectivity index (χ2n) is 7.33. The summed E-state index contributed by atoms with van der Waals surface area (Å²) < 4.78 is 0. The molecule has 0 atom stereocenters. The fourth-order valence-electron chi connectivity index (χ4n) is 3.79. The van der Waals surface area contributed by atoms with Crippen molar-refractivity contribution in [3.8, 4) is 0 Å². The predicted octanol–water partition coefficient (Wildman–Crippen LogP) is 4.77. The maximum absolute atomic E-state index is 13.3. The van der Waals surface area contributed by atoms with E-state index >= 15 is 0 Å². The van der Waals surface area contributed by atoms with Crippen molar-refractivity contribution in [3.63, 3.8) is 0 Å². The number of nitrogens with one attached hydrogen (secondary N) is 1. The molecule has 27 heavy (non-hydrogen) atoms. The lowest BCUT2D eigenvalue weighted by Crippen LogP contribution is -2.38. The minimum absolute atomic E-state index is 0.00954. The zero-order chi connectivity index (χ0) is 19.4. The number of hydrogen-bond donors (Lipinski definition) is 1. The Labute approximate surface area is 165 Å². The van der Waals surface area contributed by atoms with Gasteiger partial charge in [0.15, 0.2) is 0 Å². The third-order valence-electron chi connectivity index (χ3n) is 5.41. The highest BCUT2D eigenvalue weighted by molar-refractivity contribution is 6.30. The summed E-state index contributed by atoms with van der Waals surface area (Å²) in [7, 11) is 1.76. The van der Waals surface area contributed by atoms with Crippen LogP contribution in [0.2, 0.25) is 5.02 Å². The number of benzene rings is 2. The summed E-state index contributed by atoms with van der Waals surface area (Å²) in [5.74, 6) is 0.0228.